The van der Waals surface area contributed by atoms with Gasteiger partial charge >= 0.3 is 0 Å². The van der Waals surface area contributed by atoms with Gasteiger partial charge in [0.2, 0.25) is 0 Å². The molecule has 1 aromatic heterocycles. The first-order chi connectivity index (χ1) is 10.2. The maximum absolute atomic E-state index is 13.5. The van der Waals surface area contributed by atoms with Crippen molar-refractivity contribution in [2.75, 3.05) is 6.54 Å². The van der Waals surface area contributed by atoms with E-state index in [2.05, 4.69) is 5.32 Å². The minimum Gasteiger partial charge on any atom is -0.463 e. The molecular weight excluding hydrogens is 299 g/mol. The largest absolute Gasteiger partial charge is 0.463 e. The molecule has 118 valence electrons. The van der Waals surface area contributed by atoms with Gasteiger partial charge in [-0.15, -0.1) is 0 Å². The van der Waals surface area contributed by atoms with Gasteiger partial charge in [0, 0.05) is 12.1 Å². The second-order valence-corrected chi connectivity index (χ2v) is 5.11. The van der Waals surface area contributed by atoms with Crippen LogP contribution in [-0.4, -0.2) is 17.6 Å². The van der Waals surface area contributed by atoms with Gasteiger partial charge in [-0.2, -0.15) is 0 Å². The van der Waals surface area contributed by atoms with E-state index in [1.54, 1.807) is 13.0 Å². The number of carbonyl (C=O) groups excluding carboxylic acids is 1. The van der Waals surface area contributed by atoms with Crippen LogP contribution in [0.3, 0.4) is 0 Å². The zero-order chi connectivity index (χ0) is 16.5. The molecule has 0 spiro atoms. The zero-order valence-corrected chi connectivity index (χ0v) is 11.9. The molecule has 0 aliphatic carbocycles. The van der Waals surface area contributed by atoms with Crippen molar-refractivity contribution in [3.8, 4) is 0 Å². The lowest BCUT2D eigenvalue weighted by Gasteiger charge is -2.21. The highest BCUT2D eigenvalue weighted by molar-refractivity contribution is 5.94. The summed E-state index contributed by atoms with van der Waals surface area (Å²) in [5.74, 6) is -4.09. The first-order valence-electron chi connectivity index (χ1n) is 6.43. The summed E-state index contributed by atoms with van der Waals surface area (Å²) in [6.45, 7) is 2.72. The number of benzene rings is 1. The lowest BCUT2D eigenvalue weighted by molar-refractivity contribution is 0.0322. The van der Waals surface area contributed by atoms with Crippen molar-refractivity contribution in [3.05, 3.63) is 58.8 Å². The molecule has 0 aliphatic rings. The highest BCUT2D eigenvalue weighted by atomic mass is 19.1. The molecule has 22 heavy (non-hydrogen) atoms. The molecule has 4 nitrogen and oxygen atoms in total. The zero-order valence-electron chi connectivity index (χ0n) is 11.9. The van der Waals surface area contributed by atoms with E-state index in [0.29, 0.717) is 17.9 Å². The van der Waals surface area contributed by atoms with E-state index in [1.807, 2.05) is 0 Å². The summed E-state index contributed by atoms with van der Waals surface area (Å²) >= 11 is 0. The van der Waals surface area contributed by atoms with Crippen LogP contribution in [-0.2, 0) is 5.60 Å². The normalized spacial score (nSPS) is 13.7. The molecule has 0 aliphatic heterocycles. The molecule has 0 radical (unpaired) electrons. The molecule has 0 saturated carbocycles. The van der Waals surface area contributed by atoms with Crippen LogP contribution < -0.4 is 5.32 Å². The molecule has 7 heteroatoms. The van der Waals surface area contributed by atoms with Crippen molar-refractivity contribution < 1.29 is 27.5 Å². The van der Waals surface area contributed by atoms with Crippen LogP contribution in [0.1, 0.15) is 28.8 Å². The minimum atomic E-state index is -1.56. The van der Waals surface area contributed by atoms with Crippen molar-refractivity contribution in [2.24, 2.45) is 0 Å². The van der Waals surface area contributed by atoms with Crippen molar-refractivity contribution in [1.82, 2.24) is 5.32 Å². The Labute approximate surface area is 124 Å². The van der Waals surface area contributed by atoms with Gasteiger partial charge in [-0.3, -0.25) is 4.79 Å². The highest BCUT2D eigenvalue weighted by Gasteiger charge is 2.29. The molecule has 1 heterocycles. The predicted molar refractivity (Wildman–Crippen MR) is 71.7 cm³/mol. The van der Waals surface area contributed by atoms with E-state index in [-0.39, 0.29) is 12.3 Å². The molecule has 2 N–H and O–H groups in total. The summed E-state index contributed by atoms with van der Waals surface area (Å²) in [6, 6.07) is 3.98. The number of amides is 1. The average Bonchev–Trinajstić information content (AvgIpc) is 2.83. The van der Waals surface area contributed by atoms with Crippen LogP contribution in [0.5, 0.6) is 0 Å². The van der Waals surface area contributed by atoms with Crippen LogP contribution in [0.4, 0.5) is 13.2 Å². The highest BCUT2D eigenvalue weighted by Crippen LogP contribution is 2.22. The summed E-state index contributed by atoms with van der Waals surface area (Å²) in [5.41, 5.74) is -2.47. The quantitative estimate of drug-likeness (QED) is 0.912. The third-order valence-corrected chi connectivity index (χ3v) is 3.10. The Hall–Kier alpha value is -2.28. The fraction of sp³-hybridized carbons (Fsp3) is 0.267. The summed E-state index contributed by atoms with van der Waals surface area (Å²) in [4.78, 5) is 11.8. The summed E-state index contributed by atoms with van der Waals surface area (Å²) in [5, 5.41) is 12.4. The molecule has 2 rings (SSSR count). The van der Waals surface area contributed by atoms with Crippen molar-refractivity contribution >= 4 is 5.91 Å². The number of hydrogen-bond acceptors (Lipinski definition) is 3. The number of halogens is 3. The average molecular weight is 313 g/mol. The first kappa shape index (κ1) is 16.1. The summed E-state index contributed by atoms with van der Waals surface area (Å²) in [7, 11) is 0. The Morgan fingerprint density at radius 2 is 1.86 bits per heavy atom. The molecule has 1 atom stereocenters. The molecule has 1 aromatic carbocycles. The Kier molecular flexibility index (Phi) is 4.27. The third-order valence-electron chi connectivity index (χ3n) is 3.10. The number of carbonyl (C=O) groups is 1. The monoisotopic (exact) mass is 313 g/mol. The number of aryl methyl sites for hydroxylation is 1. The molecule has 2 aromatic rings. The Balaban J connectivity index is 2.13. The Morgan fingerprint density at radius 1 is 1.27 bits per heavy atom. The van der Waals surface area contributed by atoms with Crippen molar-refractivity contribution in [3.63, 3.8) is 0 Å². The lowest BCUT2D eigenvalue weighted by atomic mass is 10.0. The first-order valence-corrected chi connectivity index (χ1v) is 6.43. The van der Waals surface area contributed by atoms with Gasteiger partial charge in [0.05, 0.1) is 6.54 Å². The van der Waals surface area contributed by atoms with Gasteiger partial charge in [0.25, 0.3) is 5.91 Å². The summed E-state index contributed by atoms with van der Waals surface area (Å²) < 4.78 is 45.0. The smallest absolute Gasteiger partial charge is 0.257 e. The van der Waals surface area contributed by atoms with Crippen molar-refractivity contribution in [1.29, 1.82) is 0 Å². The van der Waals surface area contributed by atoms with Gasteiger partial charge in [0.15, 0.2) is 0 Å². The summed E-state index contributed by atoms with van der Waals surface area (Å²) in [6.07, 6.45) is 0. The van der Waals surface area contributed by atoms with Crippen LogP contribution in [0, 0.1) is 24.4 Å². The number of rotatable bonds is 4. The topological polar surface area (TPSA) is 62.5 Å². The maximum Gasteiger partial charge on any atom is 0.257 e. The maximum atomic E-state index is 13.5. The number of furan rings is 1. The van der Waals surface area contributed by atoms with Gasteiger partial charge in [-0.25, -0.2) is 13.2 Å². The van der Waals surface area contributed by atoms with Gasteiger partial charge < -0.3 is 14.8 Å². The molecular formula is C15H14F3NO3. The third kappa shape index (κ3) is 3.30. The molecule has 0 saturated heterocycles. The standard InChI is InChI=1S/C15H14F3NO3/c1-8-3-4-12(22-8)15(2,21)7-19-14(20)13-10(17)5-9(16)6-11(13)18/h3-6,21H,7H2,1-2H3,(H,19,20)/t15-/m0/s1. The molecule has 1 amide bonds. The van der Waals surface area contributed by atoms with E-state index in [0.717, 1.165) is 0 Å². The SMILES string of the molecule is Cc1ccc([C@@](C)(O)CNC(=O)c2c(F)cc(F)cc2F)o1. The number of hydrogen-bond donors (Lipinski definition) is 2. The number of nitrogens with one attached hydrogen (secondary N) is 1. The second kappa shape index (κ2) is 5.84. The fourth-order valence-electron chi connectivity index (χ4n) is 1.91. The Morgan fingerprint density at radius 3 is 2.36 bits per heavy atom. The minimum absolute atomic E-state index is 0.199. The lowest BCUT2D eigenvalue weighted by Crippen LogP contribution is -2.39. The second-order valence-electron chi connectivity index (χ2n) is 5.11. The molecule has 0 bridgehead atoms. The van der Waals surface area contributed by atoms with Gasteiger partial charge in [-0.1, -0.05) is 0 Å². The predicted octanol–water partition coefficient (Wildman–Crippen LogP) is 2.64. The van der Waals surface area contributed by atoms with E-state index in [9.17, 15) is 23.1 Å². The van der Waals surface area contributed by atoms with Gasteiger partial charge in [-0.05, 0) is 26.0 Å². The van der Waals surface area contributed by atoms with Gasteiger partial charge in [0.1, 0.15) is 40.1 Å². The number of aliphatic hydroxyl groups is 1. The van der Waals surface area contributed by atoms with E-state index < -0.39 is 34.5 Å². The van der Waals surface area contributed by atoms with E-state index >= 15 is 0 Å². The van der Waals surface area contributed by atoms with E-state index in [1.165, 1.54) is 13.0 Å². The van der Waals surface area contributed by atoms with Crippen LogP contribution in [0.2, 0.25) is 0 Å². The van der Waals surface area contributed by atoms with Crippen LogP contribution >= 0.6 is 0 Å². The fourth-order valence-corrected chi connectivity index (χ4v) is 1.91. The van der Waals surface area contributed by atoms with Crippen molar-refractivity contribution in [2.45, 2.75) is 19.4 Å². The van der Waals surface area contributed by atoms with Crippen LogP contribution in [0.15, 0.2) is 28.7 Å². The van der Waals surface area contributed by atoms with Crippen LogP contribution in [0.25, 0.3) is 0 Å². The molecule has 0 unspecified atom stereocenters. The van der Waals surface area contributed by atoms with E-state index in [4.69, 9.17) is 4.42 Å². The molecule has 0 fully saturated rings. The Bertz CT molecular complexity index is 687.